The van der Waals surface area contributed by atoms with Gasteiger partial charge >= 0.3 is 5.76 Å². The maximum atomic E-state index is 12.7. The Morgan fingerprint density at radius 1 is 1.00 bits per heavy atom. The van der Waals surface area contributed by atoms with Crippen molar-refractivity contribution in [1.82, 2.24) is 4.57 Å². The number of nitrogens with zero attached hydrogens (tertiary/aromatic N) is 2. The quantitative estimate of drug-likeness (QED) is 0.555. The van der Waals surface area contributed by atoms with Crippen LogP contribution in [-0.4, -0.2) is 17.5 Å². The molecule has 0 fully saturated rings. The number of nitrogen functional groups attached to an aromatic ring is 1. The highest BCUT2D eigenvalue weighted by molar-refractivity contribution is 5.93. The largest absolute Gasteiger partial charge is 0.420 e. The van der Waals surface area contributed by atoms with Crippen molar-refractivity contribution < 1.29 is 9.21 Å². The Kier molecular flexibility index (Phi) is 4.45. The Labute approximate surface area is 161 Å². The molecule has 0 aliphatic carbocycles. The highest BCUT2D eigenvalue weighted by atomic mass is 16.4. The maximum absolute atomic E-state index is 12.7. The normalized spacial score (nSPS) is 10.9. The van der Waals surface area contributed by atoms with Gasteiger partial charge in [-0.05, 0) is 47.5 Å². The number of nitrogens with two attached hydrogens (primary N) is 1. The van der Waals surface area contributed by atoms with Crippen LogP contribution in [-0.2, 0) is 11.3 Å². The van der Waals surface area contributed by atoms with Gasteiger partial charge in [-0.3, -0.25) is 9.36 Å². The summed E-state index contributed by atoms with van der Waals surface area (Å²) in [5.74, 6) is -0.770. The van der Waals surface area contributed by atoms with Gasteiger partial charge in [0.05, 0.1) is 5.52 Å². The van der Waals surface area contributed by atoms with Crippen LogP contribution in [0.3, 0.4) is 0 Å². The summed E-state index contributed by atoms with van der Waals surface area (Å²) >= 11 is 0. The van der Waals surface area contributed by atoms with E-state index in [1.165, 1.54) is 9.47 Å². The standard InChI is InChI=1S/C22H19N3O3/c1-24(18-5-3-2-4-6-18)21(26)14-25-19-13-16(9-12-20(19)28-22(25)27)15-7-10-17(23)11-8-15/h2-13H,14,23H2,1H3. The molecule has 0 aliphatic heterocycles. The molecular formula is C22H19N3O3. The molecule has 4 rings (SSSR count). The Morgan fingerprint density at radius 3 is 2.39 bits per heavy atom. The Balaban J connectivity index is 1.69. The highest BCUT2D eigenvalue weighted by Gasteiger charge is 2.17. The number of anilines is 2. The molecular weight excluding hydrogens is 354 g/mol. The summed E-state index contributed by atoms with van der Waals surface area (Å²) in [5, 5.41) is 0. The molecule has 6 heteroatoms. The van der Waals surface area contributed by atoms with Crippen molar-refractivity contribution >= 4 is 28.4 Å². The molecule has 0 spiro atoms. The van der Waals surface area contributed by atoms with Crippen LogP contribution in [0.15, 0.2) is 82.0 Å². The number of carbonyl (C=O) groups excluding carboxylic acids is 1. The van der Waals surface area contributed by atoms with Gasteiger partial charge in [-0.15, -0.1) is 0 Å². The molecule has 28 heavy (non-hydrogen) atoms. The van der Waals surface area contributed by atoms with Gasteiger partial charge in [0.15, 0.2) is 5.58 Å². The van der Waals surface area contributed by atoms with Crippen molar-refractivity contribution in [1.29, 1.82) is 0 Å². The molecule has 3 aromatic carbocycles. The number of likely N-dealkylation sites (N-methyl/N-ethyl adjacent to an activating group) is 1. The van der Waals surface area contributed by atoms with Crippen LogP contribution in [0.1, 0.15) is 0 Å². The van der Waals surface area contributed by atoms with Gasteiger partial charge < -0.3 is 15.1 Å². The second-order valence-corrected chi connectivity index (χ2v) is 6.55. The lowest BCUT2D eigenvalue weighted by atomic mass is 10.0. The second kappa shape index (κ2) is 7.08. The lowest BCUT2D eigenvalue weighted by Gasteiger charge is -2.17. The third kappa shape index (κ3) is 3.27. The smallest absolute Gasteiger partial charge is 0.408 e. The minimum absolute atomic E-state index is 0.109. The van der Waals surface area contributed by atoms with Crippen LogP contribution in [0, 0.1) is 0 Å². The molecule has 0 aliphatic rings. The van der Waals surface area contributed by atoms with E-state index in [9.17, 15) is 9.59 Å². The second-order valence-electron chi connectivity index (χ2n) is 6.55. The first-order chi connectivity index (χ1) is 13.5. The fourth-order valence-corrected chi connectivity index (χ4v) is 3.10. The third-order valence-corrected chi connectivity index (χ3v) is 4.72. The Bertz CT molecular complexity index is 1190. The molecule has 0 bridgehead atoms. The minimum Gasteiger partial charge on any atom is -0.408 e. The molecule has 0 saturated heterocycles. The predicted molar refractivity (Wildman–Crippen MR) is 110 cm³/mol. The number of hydrogen-bond acceptors (Lipinski definition) is 4. The molecule has 1 aromatic heterocycles. The van der Waals surface area contributed by atoms with E-state index in [0.29, 0.717) is 16.8 Å². The van der Waals surface area contributed by atoms with Gasteiger partial charge in [0, 0.05) is 18.4 Å². The van der Waals surface area contributed by atoms with Gasteiger partial charge in [0.1, 0.15) is 6.54 Å². The first-order valence-corrected chi connectivity index (χ1v) is 8.84. The number of carbonyl (C=O) groups is 1. The van der Waals surface area contributed by atoms with Crippen LogP contribution in [0.4, 0.5) is 11.4 Å². The van der Waals surface area contributed by atoms with Crippen molar-refractivity contribution in [2.24, 2.45) is 0 Å². The third-order valence-electron chi connectivity index (χ3n) is 4.72. The fraction of sp³-hybridized carbons (Fsp3) is 0.0909. The SMILES string of the molecule is CN(C(=O)Cn1c(=O)oc2ccc(-c3ccc(N)cc3)cc21)c1ccccc1. The zero-order valence-electron chi connectivity index (χ0n) is 15.3. The van der Waals surface area contributed by atoms with Crippen LogP contribution >= 0.6 is 0 Å². The lowest BCUT2D eigenvalue weighted by Crippen LogP contribution is -2.32. The molecule has 0 radical (unpaired) electrons. The van der Waals surface area contributed by atoms with Crippen LogP contribution < -0.4 is 16.4 Å². The molecule has 4 aromatic rings. The van der Waals surface area contributed by atoms with Crippen LogP contribution in [0.25, 0.3) is 22.2 Å². The zero-order valence-corrected chi connectivity index (χ0v) is 15.3. The van der Waals surface area contributed by atoms with Crippen molar-refractivity contribution in [3.63, 3.8) is 0 Å². The summed E-state index contributed by atoms with van der Waals surface area (Å²) in [7, 11) is 1.69. The van der Waals surface area contributed by atoms with E-state index in [0.717, 1.165) is 16.8 Å². The zero-order chi connectivity index (χ0) is 19.7. The monoisotopic (exact) mass is 373 g/mol. The van der Waals surface area contributed by atoms with E-state index in [2.05, 4.69) is 0 Å². The summed E-state index contributed by atoms with van der Waals surface area (Å²) in [6.45, 7) is -0.109. The van der Waals surface area contributed by atoms with Gasteiger partial charge in [-0.2, -0.15) is 0 Å². The summed E-state index contributed by atoms with van der Waals surface area (Å²) < 4.78 is 6.67. The molecule has 1 amide bonds. The van der Waals surface area contributed by atoms with E-state index in [4.69, 9.17) is 10.2 Å². The minimum atomic E-state index is -0.556. The molecule has 6 nitrogen and oxygen atoms in total. The first kappa shape index (κ1) is 17.6. The number of rotatable bonds is 4. The average molecular weight is 373 g/mol. The van der Waals surface area contributed by atoms with Crippen LogP contribution in [0.5, 0.6) is 0 Å². The first-order valence-electron chi connectivity index (χ1n) is 8.84. The van der Waals surface area contributed by atoms with E-state index >= 15 is 0 Å². The number of fused-ring (bicyclic) bond motifs is 1. The molecule has 0 atom stereocenters. The fourth-order valence-electron chi connectivity index (χ4n) is 3.10. The Hall–Kier alpha value is -3.80. The Morgan fingerprint density at radius 2 is 1.68 bits per heavy atom. The number of hydrogen-bond donors (Lipinski definition) is 1. The summed E-state index contributed by atoms with van der Waals surface area (Å²) in [5.41, 5.74) is 10.1. The van der Waals surface area contributed by atoms with Gasteiger partial charge in [-0.25, -0.2) is 4.79 Å². The van der Waals surface area contributed by atoms with E-state index in [1.807, 2.05) is 66.7 Å². The highest BCUT2D eigenvalue weighted by Crippen LogP contribution is 2.25. The lowest BCUT2D eigenvalue weighted by molar-refractivity contribution is -0.118. The number of benzene rings is 3. The maximum Gasteiger partial charge on any atom is 0.420 e. The number of amides is 1. The molecule has 2 N–H and O–H groups in total. The van der Waals surface area contributed by atoms with Crippen LogP contribution in [0.2, 0.25) is 0 Å². The van der Waals surface area contributed by atoms with E-state index in [-0.39, 0.29) is 12.5 Å². The predicted octanol–water partition coefficient (Wildman–Crippen LogP) is 3.51. The molecule has 1 heterocycles. The van der Waals surface area contributed by atoms with Crippen molar-refractivity contribution in [2.75, 3.05) is 17.7 Å². The van der Waals surface area contributed by atoms with E-state index < -0.39 is 5.76 Å². The van der Waals surface area contributed by atoms with Gasteiger partial charge in [0.2, 0.25) is 5.91 Å². The number of para-hydroxylation sites is 1. The van der Waals surface area contributed by atoms with Gasteiger partial charge in [0.25, 0.3) is 0 Å². The number of oxazole rings is 1. The number of aromatic nitrogens is 1. The summed E-state index contributed by atoms with van der Waals surface area (Å²) in [6.07, 6.45) is 0. The average Bonchev–Trinajstić information content (AvgIpc) is 3.03. The van der Waals surface area contributed by atoms with E-state index in [1.54, 1.807) is 13.1 Å². The van der Waals surface area contributed by atoms with Crippen molar-refractivity contribution in [3.8, 4) is 11.1 Å². The van der Waals surface area contributed by atoms with Gasteiger partial charge in [-0.1, -0.05) is 36.4 Å². The molecule has 0 unspecified atom stereocenters. The summed E-state index contributed by atoms with van der Waals surface area (Å²) in [6, 6.07) is 22.2. The van der Waals surface area contributed by atoms with Crippen molar-refractivity contribution in [2.45, 2.75) is 6.54 Å². The molecule has 140 valence electrons. The van der Waals surface area contributed by atoms with Crippen molar-refractivity contribution in [3.05, 3.63) is 83.3 Å². The summed E-state index contributed by atoms with van der Waals surface area (Å²) in [4.78, 5) is 26.6. The topological polar surface area (TPSA) is 81.5 Å². The molecule has 0 saturated carbocycles.